The number of carbonyl (C=O) groups is 1. The SMILES string of the molecule is O=C(NCCc1ccc2c(c1)OCCO2)c1ccc2c(c1)OCCCO2. The van der Waals surface area contributed by atoms with Gasteiger partial charge in [0.2, 0.25) is 0 Å². The fourth-order valence-corrected chi connectivity index (χ4v) is 2.97. The summed E-state index contributed by atoms with van der Waals surface area (Å²) in [5.74, 6) is 2.73. The molecule has 2 aromatic carbocycles. The zero-order valence-electron chi connectivity index (χ0n) is 14.5. The van der Waals surface area contributed by atoms with Gasteiger partial charge >= 0.3 is 0 Å². The Morgan fingerprint density at radius 3 is 2.31 bits per heavy atom. The number of carbonyl (C=O) groups excluding carboxylic acids is 1. The molecule has 6 heteroatoms. The van der Waals surface area contributed by atoms with Gasteiger partial charge in [0.25, 0.3) is 5.91 Å². The second-order valence-electron chi connectivity index (χ2n) is 6.20. The molecular formula is C20H21NO5. The molecule has 0 saturated carbocycles. The maximum atomic E-state index is 12.4. The minimum atomic E-state index is -0.127. The van der Waals surface area contributed by atoms with Crippen LogP contribution in [-0.2, 0) is 6.42 Å². The average molecular weight is 355 g/mol. The van der Waals surface area contributed by atoms with Crippen LogP contribution in [-0.4, -0.2) is 38.9 Å². The predicted octanol–water partition coefficient (Wildman–Crippen LogP) is 2.59. The molecule has 0 bridgehead atoms. The number of amides is 1. The summed E-state index contributed by atoms with van der Waals surface area (Å²) in [6.07, 6.45) is 1.55. The van der Waals surface area contributed by atoms with Crippen molar-refractivity contribution in [3.05, 3.63) is 47.5 Å². The van der Waals surface area contributed by atoms with Crippen LogP contribution in [0.4, 0.5) is 0 Å². The number of fused-ring (bicyclic) bond motifs is 2. The third-order valence-corrected chi connectivity index (χ3v) is 4.32. The normalized spacial score (nSPS) is 15.1. The summed E-state index contributed by atoms with van der Waals surface area (Å²) in [6.45, 7) is 2.92. The van der Waals surface area contributed by atoms with E-state index in [0.29, 0.717) is 56.5 Å². The van der Waals surface area contributed by atoms with E-state index in [2.05, 4.69) is 5.32 Å². The van der Waals surface area contributed by atoms with Crippen LogP contribution >= 0.6 is 0 Å². The smallest absolute Gasteiger partial charge is 0.251 e. The highest BCUT2D eigenvalue weighted by Gasteiger charge is 2.15. The van der Waals surface area contributed by atoms with Crippen molar-refractivity contribution >= 4 is 5.91 Å². The van der Waals surface area contributed by atoms with Gasteiger partial charge in [0.15, 0.2) is 23.0 Å². The van der Waals surface area contributed by atoms with Crippen LogP contribution < -0.4 is 24.3 Å². The molecule has 2 heterocycles. The van der Waals surface area contributed by atoms with E-state index < -0.39 is 0 Å². The standard InChI is InChI=1S/C20H21NO5/c22-20(15-3-5-17-19(13-15)24-9-1-8-23-17)21-7-6-14-2-4-16-18(12-14)26-11-10-25-16/h2-5,12-13H,1,6-11H2,(H,21,22). The molecule has 136 valence electrons. The monoisotopic (exact) mass is 355 g/mol. The molecule has 6 nitrogen and oxygen atoms in total. The largest absolute Gasteiger partial charge is 0.490 e. The number of benzene rings is 2. The van der Waals surface area contributed by atoms with Crippen LogP contribution in [0.2, 0.25) is 0 Å². The van der Waals surface area contributed by atoms with E-state index in [1.54, 1.807) is 18.2 Å². The second kappa shape index (κ2) is 7.56. The number of hydrogen-bond acceptors (Lipinski definition) is 5. The van der Waals surface area contributed by atoms with Crippen LogP contribution in [0.3, 0.4) is 0 Å². The quantitative estimate of drug-likeness (QED) is 0.913. The number of hydrogen-bond donors (Lipinski definition) is 1. The first-order valence-electron chi connectivity index (χ1n) is 8.86. The van der Waals surface area contributed by atoms with Crippen molar-refractivity contribution in [3.8, 4) is 23.0 Å². The van der Waals surface area contributed by atoms with Gasteiger partial charge in [-0.25, -0.2) is 0 Å². The maximum absolute atomic E-state index is 12.4. The Bertz CT molecular complexity index is 805. The molecule has 2 aromatic rings. The first kappa shape index (κ1) is 16.6. The average Bonchev–Trinajstić information content (AvgIpc) is 2.92. The lowest BCUT2D eigenvalue weighted by molar-refractivity contribution is 0.0953. The summed E-state index contributed by atoms with van der Waals surface area (Å²) in [6, 6.07) is 11.2. The van der Waals surface area contributed by atoms with E-state index in [-0.39, 0.29) is 5.91 Å². The summed E-state index contributed by atoms with van der Waals surface area (Å²) in [5, 5.41) is 2.94. The van der Waals surface area contributed by atoms with Crippen LogP contribution in [0.5, 0.6) is 23.0 Å². The van der Waals surface area contributed by atoms with Crippen molar-refractivity contribution in [1.29, 1.82) is 0 Å². The highest BCUT2D eigenvalue weighted by Crippen LogP contribution is 2.31. The fraction of sp³-hybridized carbons (Fsp3) is 0.350. The first-order chi connectivity index (χ1) is 12.8. The number of rotatable bonds is 4. The zero-order valence-corrected chi connectivity index (χ0v) is 14.5. The molecule has 0 aromatic heterocycles. The Hall–Kier alpha value is -2.89. The number of nitrogens with one attached hydrogen (secondary N) is 1. The molecule has 2 aliphatic rings. The molecule has 26 heavy (non-hydrogen) atoms. The number of ether oxygens (including phenoxy) is 4. The van der Waals surface area contributed by atoms with Gasteiger partial charge in [-0.05, 0) is 42.3 Å². The van der Waals surface area contributed by atoms with Crippen molar-refractivity contribution in [2.75, 3.05) is 33.0 Å². The van der Waals surface area contributed by atoms with Gasteiger partial charge in [0.05, 0.1) is 13.2 Å². The van der Waals surface area contributed by atoms with Gasteiger partial charge in [-0.2, -0.15) is 0 Å². The third-order valence-electron chi connectivity index (χ3n) is 4.32. The molecule has 0 radical (unpaired) electrons. The summed E-state index contributed by atoms with van der Waals surface area (Å²) in [5.41, 5.74) is 1.66. The maximum Gasteiger partial charge on any atom is 0.251 e. The van der Waals surface area contributed by atoms with Crippen molar-refractivity contribution in [3.63, 3.8) is 0 Å². The van der Waals surface area contributed by atoms with Gasteiger partial charge in [0.1, 0.15) is 13.2 Å². The first-order valence-corrected chi connectivity index (χ1v) is 8.86. The zero-order chi connectivity index (χ0) is 17.8. The molecule has 0 saturated heterocycles. The lowest BCUT2D eigenvalue weighted by atomic mass is 10.1. The fourth-order valence-electron chi connectivity index (χ4n) is 2.97. The lowest BCUT2D eigenvalue weighted by Crippen LogP contribution is -2.25. The van der Waals surface area contributed by atoms with Gasteiger partial charge in [-0.1, -0.05) is 6.07 Å². The Balaban J connectivity index is 1.35. The van der Waals surface area contributed by atoms with Gasteiger partial charge in [0, 0.05) is 18.5 Å². The third kappa shape index (κ3) is 3.69. The molecule has 1 N–H and O–H groups in total. The van der Waals surface area contributed by atoms with Crippen molar-refractivity contribution in [2.24, 2.45) is 0 Å². The minimum absolute atomic E-state index is 0.127. The van der Waals surface area contributed by atoms with E-state index >= 15 is 0 Å². The van der Waals surface area contributed by atoms with Gasteiger partial charge < -0.3 is 24.3 Å². The molecule has 2 aliphatic heterocycles. The van der Waals surface area contributed by atoms with E-state index in [0.717, 1.165) is 23.5 Å². The summed E-state index contributed by atoms with van der Waals surface area (Å²) < 4.78 is 22.3. The van der Waals surface area contributed by atoms with E-state index in [1.807, 2.05) is 18.2 Å². The summed E-state index contributed by atoms with van der Waals surface area (Å²) in [4.78, 5) is 12.4. The topological polar surface area (TPSA) is 66.0 Å². The molecule has 4 rings (SSSR count). The van der Waals surface area contributed by atoms with E-state index in [1.165, 1.54) is 0 Å². The highest BCUT2D eigenvalue weighted by atomic mass is 16.6. The Kier molecular flexibility index (Phi) is 4.82. The van der Waals surface area contributed by atoms with Crippen LogP contribution in [0.25, 0.3) is 0 Å². The molecule has 0 atom stereocenters. The highest BCUT2D eigenvalue weighted by molar-refractivity contribution is 5.94. The molecule has 0 unspecified atom stereocenters. The van der Waals surface area contributed by atoms with Crippen LogP contribution in [0, 0.1) is 0 Å². The lowest BCUT2D eigenvalue weighted by Gasteiger charge is -2.18. The Labute approximate surface area is 152 Å². The van der Waals surface area contributed by atoms with Gasteiger partial charge in [-0.3, -0.25) is 4.79 Å². The Morgan fingerprint density at radius 1 is 0.808 bits per heavy atom. The molecule has 1 amide bonds. The minimum Gasteiger partial charge on any atom is -0.490 e. The van der Waals surface area contributed by atoms with Crippen LogP contribution in [0.1, 0.15) is 22.3 Å². The predicted molar refractivity (Wildman–Crippen MR) is 95.5 cm³/mol. The van der Waals surface area contributed by atoms with Gasteiger partial charge in [-0.15, -0.1) is 0 Å². The second-order valence-corrected chi connectivity index (χ2v) is 6.20. The summed E-state index contributed by atoms with van der Waals surface area (Å²) in [7, 11) is 0. The Morgan fingerprint density at radius 2 is 1.46 bits per heavy atom. The van der Waals surface area contributed by atoms with Crippen molar-refractivity contribution in [1.82, 2.24) is 5.32 Å². The molecule has 0 aliphatic carbocycles. The van der Waals surface area contributed by atoms with Crippen molar-refractivity contribution in [2.45, 2.75) is 12.8 Å². The summed E-state index contributed by atoms with van der Waals surface area (Å²) >= 11 is 0. The molecular weight excluding hydrogens is 334 g/mol. The molecule has 0 fully saturated rings. The van der Waals surface area contributed by atoms with Crippen molar-refractivity contribution < 1.29 is 23.7 Å². The van der Waals surface area contributed by atoms with E-state index in [4.69, 9.17) is 18.9 Å². The van der Waals surface area contributed by atoms with E-state index in [9.17, 15) is 4.79 Å². The van der Waals surface area contributed by atoms with Crippen LogP contribution in [0.15, 0.2) is 36.4 Å². The molecule has 0 spiro atoms.